The van der Waals surface area contributed by atoms with Gasteiger partial charge < -0.3 is 19.5 Å². The Morgan fingerprint density at radius 1 is 1.33 bits per heavy atom. The minimum absolute atomic E-state index is 0.0492. The van der Waals surface area contributed by atoms with Crippen LogP contribution in [0.5, 0.6) is 0 Å². The highest BCUT2D eigenvalue weighted by Gasteiger charge is 2.34. The molecule has 0 unspecified atom stereocenters. The van der Waals surface area contributed by atoms with Crippen LogP contribution in [0.4, 0.5) is 0 Å². The molecule has 2 aliphatic rings. The normalized spacial score (nSPS) is 24.0. The minimum Gasteiger partial charge on any atom is -0.381 e. The number of rotatable bonds is 5. The lowest BCUT2D eigenvalue weighted by Gasteiger charge is -2.22. The molecule has 3 rings (SSSR count). The third-order valence-electron chi connectivity index (χ3n) is 4.21. The van der Waals surface area contributed by atoms with Crippen LogP contribution in [0.1, 0.15) is 50.4 Å². The van der Waals surface area contributed by atoms with Crippen molar-refractivity contribution in [3.63, 3.8) is 0 Å². The molecule has 7 heteroatoms. The van der Waals surface area contributed by atoms with E-state index in [0.29, 0.717) is 37.3 Å². The maximum absolute atomic E-state index is 11.7. The van der Waals surface area contributed by atoms with E-state index in [4.69, 9.17) is 9.26 Å². The van der Waals surface area contributed by atoms with E-state index in [2.05, 4.69) is 15.5 Å². The molecule has 0 aliphatic carbocycles. The maximum atomic E-state index is 11.7. The SMILES string of the molecule is CCN1C(=O)CC[C@H]1c1nc(CNC2CCOCC2)no1. The molecule has 0 bridgehead atoms. The van der Waals surface area contributed by atoms with Gasteiger partial charge in [0.25, 0.3) is 0 Å². The molecule has 21 heavy (non-hydrogen) atoms. The van der Waals surface area contributed by atoms with E-state index in [1.54, 1.807) is 0 Å². The van der Waals surface area contributed by atoms with Gasteiger partial charge in [0.05, 0.1) is 6.54 Å². The molecular formula is C14H22N4O3. The van der Waals surface area contributed by atoms with Gasteiger partial charge in [-0.1, -0.05) is 5.16 Å². The van der Waals surface area contributed by atoms with Crippen LogP contribution in [0.15, 0.2) is 4.52 Å². The quantitative estimate of drug-likeness (QED) is 0.873. The first-order valence-electron chi connectivity index (χ1n) is 7.71. The zero-order valence-electron chi connectivity index (χ0n) is 12.4. The fraction of sp³-hybridized carbons (Fsp3) is 0.786. The Hall–Kier alpha value is -1.47. The molecule has 116 valence electrons. The van der Waals surface area contributed by atoms with E-state index < -0.39 is 0 Å². The standard InChI is InChI=1S/C14H22N4O3/c1-2-18-11(3-4-13(18)19)14-16-12(17-21-14)9-15-10-5-7-20-8-6-10/h10-11,15H,2-9H2,1H3/t11-/m0/s1. The number of hydrogen-bond acceptors (Lipinski definition) is 6. The molecule has 3 heterocycles. The molecule has 0 saturated carbocycles. The molecule has 0 aromatic carbocycles. The number of nitrogens with one attached hydrogen (secondary N) is 1. The Labute approximate surface area is 124 Å². The average Bonchev–Trinajstić information content (AvgIpc) is 3.12. The van der Waals surface area contributed by atoms with E-state index in [9.17, 15) is 4.79 Å². The number of carbonyl (C=O) groups excluding carboxylic acids is 1. The second-order valence-corrected chi connectivity index (χ2v) is 5.55. The van der Waals surface area contributed by atoms with Gasteiger partial charge in [-0.3, -0.25) is 4.79 Å². The zero-order valence-corrected chi connectivity index (χ0v) is 12.4. The molecule has 1 aromatic rings. The Kier molecular flexibility index (Phi) is 4.50. The van der Waals surface area contributed by atoms with E-state index in [-0.39, 0.29) is 11.9 Å². The van der Waals surface area contributed by atoms with Gasteiger partial charge in [-0.15, -0.1) is 0 Å². The van der Waals surface area contributed by atoms with Gasteiger partial charge in [0.1, 0.15) is 6.04 Å². The van der Waals surface area contributed by atoms with Gasteiger partial charge in [-0.2, -0.15) is 4.98 Å². The van der Waals surface area contributed by atoms with Crippen molar-refractivity contribution in [1.29, 1.82) is 0 Å². The average molecular weight is 294 g/mol. The van der Waals surface area contributed by atoms with Crippen molar-refractivity contribution < 1.29 is 14.1 Å². The minimum atomic E-state index is -0.0492. The summed E-state index contributed by atoms with van der Waals surface area (Å²) in [4.78, 5) is 18.0. The van der Waals surface area contributed by atoms with Crippen LogP contribution in [0, 0.1) is 0 Å². The molecule has 0 radical (unpaired) electrons. The van der Waals surface area contributed by atoms with Gasteiger partial charge in [0.2, 0.25) is 11.8 Å². The lowest BCUT2D eigenvalue weighted by atomic mass is 10.1. The summed E-state index contributed by atoms with van der Waals surface area (Å²) in [6.45, 7) is 4.87. The second kappa shape index (κ2) is 6.53. The van der Waals surface area contributed by atoms with Crippen LogP contribution in [-0.4, -0.2) is 46.7 Å². The molecule has 1 atom stereocenters. The first-order valence-corrected chi connectivity index (χ1v) is 7.71. The van der Waals surface area contributed by atoms with Gasteiger partial charge in [-0.05, 0) is 26.2 Å². The summed E-state index contributed by atoms with van der Waals surface area (Å²) in [5.74, 6) is 1.39. The summed E-state index contributed by atoms with van der Waals surface area (Å²) in [5.41, 5.74) is 0. The van der Waals surface area contributed by atoms with Crippen molar-refractivity contribution in [3.05, 3.63) is 11.7 Å². The van der Waals surface area contributed by atoms with Crippen molar-refractivity contribution in [1.82, 2.24) is 20.4 Å². The van der Waals surface area contributed by atoms with Crippen LogP contribution in [-0.2, 0) is 16.1 Å². The molecule has 1 N–H and O–H groups in total. The predicted octanol–water partition coefficient (Wildman–Crippen LogP) is 1.02. The molecule has 0 spiro atoms. The summed E-state index contributed by atoms with van der Waals surface area (Å²) in [6.07, 6.45) is 3.37. The monoisotopic (exact) mass is 294 g/mol. The lowest BCUT2D eigenvalue weighted by Crippen LogP contribution is -2.34. The molecule has 7 nitrogen and oxygen atoms in total. The summed E-state index contributed by atoms with van der Waals surface area (Å²) in [6, 6.07) is 0.410. The third kappa shape index (κ3) is 3.24. The van der Waals surface area contributed by atoms with E-state index in [1.165, 1.54) is 0 Å². The number of carbonyl (C=O) groups is 1. The van der Waals surface area contributed by atoms with Gasteiger partial charge in [0, 0.05) is 32.2 Å². The highest BCUT2D eigenvalue weighted by atomic mass is 16.5. The van der Waals surface area contributed by atoms with Crippen molar-refractivity contribution in [2.75, 3.05) is 19.8 Å². The van der Waals surface area contributed by atoms with Crippen molar-refractivity contribution in [2.24, 2.45) is 0 Å². The first kappa shape index (κ1) is 14.5. The topological polar surface area (TPSA) is 80.5 Å². The zero-order chi connectivity index (χ0) is 14.7. The maximum Gasteiger partial charge on any atom is 0.249 e. The summed E-state index contributed by atoms with van der Waals surface area (Å²) < 4.78 is 10.7. The van der Waals surface area contributed by atoms with Crippen LogP contribution >= 0.6 is 0 Å². The van der Waals surface area contributed by atoms with E-state index in [1.807, 2.05) is 11.8 Å². The van der Waals surface area contributed by atoms with Crippen LogP contribution in [0.25, 0.3) is 0 Å². The fourth-order valence-corrected chi connectivity index (χ4v) is 3.00. The van der Waals surface area contributed by atoms with E-state index in [0.717, 1.165) is 32.5 Å². The summed E-state index contributed by atoms with van der Waals surface area (Å²) in [5, 5.41) is 7.45. The second-order valence-electron chi connectivity index (χ2n) is 5.55. The molecule has 2 saturated heterocycles. The summed E-state index contributed by atoms with van der Waals surface area (Å²) >= 11 is 0. The van der Waals surface area contributed by atoms with Crippen LogP contribution < -0.4 is 5.32 Å². The van der Waals surface area contributed by atoms with E-state index >= 15 is 0 Å². The largest absolute Gasteiger partial charge is 0.381 e. The Morgan fingerprint density at radius 2 is 2.14 bits per heavy atom. The molecule has 2 fully saturated rings. The fourth-order valence-electron chi connectivity index (χ4n) is 3.00. The number of amides is 1. The summed E-state index contributed by atoms with van der Waals surface area (Å²) in [7, 11) is 0. The van der Waals surface area contributed by atoms with Crippen molar-refractivity contribution in [3.8, 4) is 0 Å². The van der Waals surface area contributed by atoms with Crippen molar-refractivity contribution in [2.45, 2.75) is 51.2 Å². The third-order valence-corrected chi connectivity index (χ3v) is 4.21. The van der Waals surface area contributed by atoms with Gasteiger partial charge in [0.15, 0.2) is 5.82 Å². The highest BCUT2D eigenvalue weighted by molar-refractivity contribution is 5.78. The molecule has 1 aromatic heterocycles. The Balaban J connectivity index is 1.57. The van der Waals surface area contributed by atoms with Crippen molar-refractivity contribution >= 4 is 5.91 Å². The highest BCUT2D eigenvalue weighted by Crippen LogP contribution is 2.31. The smallest absolute Gasteiger partial charge is 0.249 e. The predicted molar refractivity (Wildman–Crippen MR) is 74.3 cm³/mol. The first-order chi connectivity index (χ1) is 10.3. The Morgan fingerprint density at radius 3 is 2.90 bits per heavy atom. The van der Waals surface area contributed by atoms with Crippen LogP contribution in [0.3, 0.4) is 0 Å². The van der Waals surface area contributed by atoms with Gasteiger partial charge in [-0.25, -0.2) is 0 Å². The number of hydrogen-bond donors (Lipinski definition) is 1. The van der Waals surface area contributed by atoms with Gasteiger partial charge >= 0.3 is 0 Å². The van der Waals surface area contributed by atoms with Crippen LogP contribution in [0.2, 0.25) is 0 Å². The Bertz CT molecular complexity index is 484. The number of likely N-dealkylation sites (tertiary alicyclic amines) is 1. The molecule has 2 aliphatic heterocycles. The number of aromatic nitrogens is 2. The molecular weight excluding hydrogens is 272 g/mol. The molecule has 1 amide bonds. The number of ether oxygens (including phenoxy) is 1. The number of nitrogens with zero attached hydrogens (tertiary/aromatic N) is 3. The lowest BCUT2D eigenvalue weighted by molar-refractivity contribution is -0.129.